The van der Waals surface area contributed by atoms with E-state index in [-0.39, 0.29) is 6.54 Å². The van der Waals surface area contributed by atoms with Crippen molar-refractivity contribution in [2.24, 2.45) is 0 Å². The quantitative estimate of drug-likeness (QED) is 0.647. The van der Waals surface area contributed by atoms with Crippen molar-refractivity contribution in [1.82, 2.24) is 10.2 Å². The average molecular weight is 357 g/mol. The third kappa shape index (κ3) is 4.62. The van der Waals surface area contributed by atoms with Crippen LogP contribution in [-0.2, 0) is 14.3 Å². The van der Waals surface area contributed by atoms with Gasteiger partial charge in [-0.15, -0.1) is 11.8 Å². The molecule has 1 aliphatic heterocycles. The Labute approximate surface area is 143 Å². The number of imide groups is 1. The summed E-state index contributed by atoms with van der Waals surface area (Å²) < 4.78 is 5.17. The Kier molecular flexibility index (Phi) is 5.90. The molecule has 1 fully saturated rings. The maximum atomic E-state index is 12.1. The van der Waals surface area contributed by atoms with Crippen LogP contribution < -0.4 is 5.32 Å². The molecule has 1 N–H and O–H groups in total. The van der Waals surface area contributed by atoms with Crippen molar-refractivity contribution >= 4 is 41.3 Å². The molecule has 3 amide bonds. The van der Waals surface area contributed by atoms with E-state index in [9.17, 15) is 14.4 Å². The van der Waals surface area contributed by atoms with Crippen molar-refractivity contribution in [3.63, 3.8) is 0 Å². The van der Waals surface area contributed by atoms with Gasteiger partial charge in [-0.1, -0.05) is 11.6 Å². The van der Waals surface area contributed by atoms with Crippen LogP contribution in [0.3, 0.4) is 0 Å². The fourth-order valence-electron chi connectivity index (χ4n) is 1.99. The molecule has 0 spiro atoms. The van der Waals surface area contributed by atoms with Gasteiger partial charge in [-0.25, -0.2) is 4.79 Å². The van der Waals surface area contributed by atoms with E-state index in [1.807, 2.05) is 0 Å². The third-order valence-corrected chi connectivity index (χ3v) is 4.56. The summed E-state index contributed by atoms with van der Waals surface area (Å²) in [6, 6.07) is 6.63. The van der Waals surface area contributed by atoms with Gasteiger partial charge in [-0.2, -0.15) is 0 Å². The molecule has 1 heterocycles. The zero-order valence-electron chi connectivity index (χ0n) is 12.7. The van der Waals surface area contributed by atoms with Gasteiger partial charge >= 0.3 is 12.0 Å². The molecule has 1 aliphatic rings. The molecule has 1 saturated heterocycles. The van der Waals surface area contributed by atoms with E-state index in [1.165, 1.54) is 18.7 Å². The van der Waals surface area contributed by atoms with Crippen molar-refractivity contribution in [3.05, 3.63) is 29.3 Å². The first kappa shape index (κ1) is 17.6. The van der Waals surface area contributed by atoms with Gasteiger partial charge in [0.25, 0.3) is 5.91 Å². The van der Waals surface area contributed by atoms with Crippen LogP contribution in [0.5, 0.6) is 0 Å². The molecule has 124 valence electrons. The number of carbonyl (C=O) groups is 3. The number of urea groups is 1. The number of carbonyl (C=O) groups excluding carboxylic acids is 3. The summed E-state index contributed by atoms with van der Waals surface area (Å²) in [5, 5.41) is 2.66. The number of nitrogens with zero attached hydrogens (tertiary/aromatic N) is 1. The van der Waals surface area contributed by atoms with Crippen LogP contribution in [0.4, 0.5) is 4.79 Å². The summed E-state index contributed by atoms with van der Waals surface area (Å²) in [6.45, 7) is 3.86. The molecule has 0 unspecified atom stereocenters. The second kappa shape index (κ2) is 7.70. The number of amides is 3. The number of rotatable bonds is 5. The average Bonchev–Trinajstić information content (AvgIpc) is 2.94. The largest absolute Gasteiger partial charge is 0.452 e. The first-order chi connectivity index (χ1) is 10.9. The number of hydrogen-bond donors (Lipinski definition) is 1. The highest BCUT2D eigenvalue weighted by Gasteiger charge is 2.32. The molecule has 2 atom stereocenters. The van der Waals surface area contributed by atoms with Crippen LogP contribution in [0.25, 0.3) is 0 Å². The summed E-state index contributed by atoms with van der Waals surface area (Å²) in [7, 11) is 0. The summed E-state index contributed by atoms with van der Waals surface area (Å²) >= 11 is 7.12. The zero-order chi connectivity index (χ0) is 17.0. The van der Waals surface area contributed by atoms with Crippen molar-refractivity contribution in [2.75, 3.05) is 13.1 Å². The summed E-state index contributed by atoms with van der Waals surface area (Å²) in [6.07, 6.45) is -1.00. The van der Waals surface area contributed by atoms with Crippen LogP contribution in [0.2, 0.25) is 5.02 Å². The van der Waals surface area contributed by atoms with Crippen molar-refractivity contribution in [3.8, 4) is 0 Å². The monoisotopic (exact) mass is 356 g/mol. The zero-order valence-corrected chi connectivity index (χ0v) is 14.3. The number of thioether (sulfide) groups is 1. The molecule has 0 bridgehead atoms. The van der Waals surface area contributed by atoms with Gasteiger partial charge < -0.3 is 10.1 Å². The van der Waals surface area contributed by atoms with Crippen molar-refractivity contribution < 1.29 is 19.1 Å². The van der Waals surface area contributed by atoms with Gasteiger partial charge in [-0.05, 0) is 38.1 Å². The maximum Gasteiger partial charge on any atom is 0.324 e. The first-order valence-electron chi connectivity index (χ1n) is 7.10. The molecule has 23 heavy (non-hydrogen) atoms. The van der Waals surface area contributed by atoms with Gasteiger partial charge in [0.1, 0.15) is 5.25 Å². The SMILES string of the molecule is C[C@H](OC(=O)[C@@H](C)Sc1ccc(Cl)cc1)C(=O)N1CCNC1=O. The molecule has 0 radical (unpaired) electrons. The minimum Gasteiger partial charge on any atom is -0.452 e. The molecule has 8 heteroatoms. The Morgan fingerprint density at radius 1 is 1.30 bits per heavy atom. The molecule has 0 aliphatic carbocycles. The topological polar surface area (TPSA) is 75.7 Å². The molecule has 2 rings (SSSR count). The minimum absolute atomic E-state index is 0.286. The number of halogens is 1. The molecular formula is C15H17ClN2O4S. The third-order valence-electron chi connectivity index (χ3n) is 3.22. The molecule has 0 saturated carbocycles. The lowest BCUT2D eigenvalue weighted by Crippen LogP contribution is -2.42. The lowest BCUT2D eigenvalue weighted by molar-refractivity contribution is -0.156. The highest BCUT2D eigenvalue weighted by Crippen LogP contribution is 2.25. The first-order valence-corrected chi connectivity index (χ1v) is 8.36. The van der Waals surface area contributed by atoms with E-state index in [0.717, 1.165) is 9.80 Å². The fraction of sp³-hybridized carbons (Fsp3) is 0.400. The predicted octanol–water partition coefficient (Wildman–Crippen LogP) is 2.30. The van der Waals surface area contributed by atoms with Crippen LogP contribution in [0, 0.1) is 0 Å². The molecule has 6 nitrogen and oxygen atoms in total. The van der Waals surface area contributed by atoms with E-state index in [4.69, 9.17) is 16.3 Å². The van der Waals surface area contributed by atoms with Crippen molar-refractivity contribution in [2.45, 2.75) is 30.1 Å². The van der Waals surface area contributed by atoms with Crippen LogP contribution in [0.15, 0.2) is 29.2 Å². The Morgan fingerprint density at radius 2 is 1.96 bits per heavy atom. The minimum atomic E-state index is -1.00. The number of esters is 1. The number of nitrogens with one attached hydrogen (secondary N) is 1. The highest BCUT2D eigenvalue weighted by atomic mass is 35.5. The maximum absolute atomic E-state index is 12.1. The highest BCUT2D eigenvalue weighted by molar-refractivity contribution is 8.00. The van der Waals surface area contributed by atoms with Gasteiger partial charge in [0.05, 0.1) is 0 Å². The molecule has 1 aromatic carbocycles. The Balaban J connectivity index is 1.88. The second-order valence-corrected chi connectivity index (χ2v) is 6.87. The lowest BCUT2D eigenvalue weighted by Gasteiger charge is -2.19. The summed E-state index contributed by atoms with van der Waals surface area (Å²) in [5.74, 6) is -1.03. The van der Waals surface area contributed by atoms with E-state index in [2.05, 4.69) is 5.32 Å². The van der Waals surface area contributed by atoms with Crippen LogP contribution >= 0.6 is 23.4 Å². The number of ether oxygens (including phenoxy) is 1. The predicted molar refractivity (Wildman–Crippen MR) is 87.4 cm³/mol. The van der Waals surface area contributed by atoms with Gasteiger partial charge in [0, 0.05) is 23.0 Å². The smallest absolute Gasteiger partial charge is 0.324 e. The fourth-order valence-corrected chi connectivity index (χ4v) is 2.97. The molecular weight excluding hydrogens is 340 g/mol. The lowest BCUT2D eigenvalue weighted by atomic mass is 10.3. The van der Waals surface area contributed by atoms with Crippen LogP contribution in [0.1, 0.15) is 13.8 Å². The Bertz CT molecular complexity index is 608. The number of benzene rings is 1. The Hall–Kier alpha value is -1.73. The number of hydrogen-bond acceptors (Lipinski definition) is 5. The molecule has 1 aromatic rings. The van der Waals surface area contributed by atoms with E-state index < -0.39 is 29.3 Å². The standard InChI is InChI=1S/C15H17ClN2O4S/c1-9(13(19)18-8-7-17-15(18)21)22-14(20)10(2)23-12-5-3-11(16)4-6-12/h3-6,9-10H,7-8H2,1-2H3,(H,17,21)/t9-,10+/m0/s1. The van der Waals surface area contributed by atoms with E-state index in [0.29, 0.717) is 11.6 Å². The van der Waals surface area contributed by atoms with Gasteiger partial charge in [0.15, 0.2) is 6.10 Å². The summed E-state index contributed by atoms with van der Waals surface area (Å²) in [5.41, 5.74) is 0. The van der Waals surface area contributed by atoms with Crippen LogP contribution in [-0.4, -0.2) is 47.3 Å². The molecule has 0 aromatic heterocycles. The summed E-state index contributed by atoms with van der Waals surface area (Å²) in [4.78, 5) is 37.5. The second-order valence-electron chi connectivity index (χ2n) is 5.01. The van der Waals surface area contributed by atoms with Gasteiger partial charge in [0.2, 0.25) is 0 Å². The van der Waals surface area contributed by atoms with Gasteiger partial charge in [-0.3, -0.25) is 14.5 Å². The van der Waals surface area contributed by atoms with Crippen molar-refractivity contribution in [1.29, 1.82) is 0 Å². The Morgan fingerprint density at radius 3 is 2.52 bits per heavy atom. The van der Waals surface area contributed by atoms with E-state index >= 15 is 0 Å². The normalized spacial score (nSPS) is 16.7. The van der Waals surface area contributed by atoms with E-state index in [1.54, 1.807) is 31.2 Å².